The van der Waals surface area contributed by atoms with E-state index in [0.29, 0.717) is 28.2 Å². The van der Waals surface area contributed by atoms with Crippen molar-refractivity contribution in [3.05, 3.63) is 42.0 Å². The Kier molecular flexibility index (Phi) is 4.36. The van der Waals surface area contributed by atoms with Crippen LogP contribution in [0.25, 0.3) is 11.0 Å². The Hall–Kier alpha value is -3.95. The largest absolute Gasteiger partial charge is 0.482 e. The molecule has 1 aliphatic heterocycles. The van der Waals surface area contributed by atoms with Crippen LogP contribution < -0.4 is 20.7 Å². The number of aromatic amines is 1. The highest BCUT2D eigenvalue weighted by molar-refractivity contribution is 6.07. The summed E-state index contributed by atoms with van der Waals surface area (Å²) in [5.41, 5.74) is 2.87. The van der Waals surface area contributed by atoms with E-state index in [1.807, 2.05) is 0 Å². The van der Waals surface area contributed by atoms with Crippen molar-refractivity contribution in [2.45, 2.75) is 13.5 Å². The number of anilines is 2. The summed E-state index contributed by atoms with van der Waals surface area (Å²) < 4.78 is 5.31. The Morgan fingerprint density at radius 2 is 2.14 bits per heavy atom. The summed E-state index contributed by atoms with van der Waals surface area (Å²) in [5.74, 6) is -0.279. The van der Waals surface area contributed by atoms with E-state index < -0.39 is 5.91 Å². The highest BCUT2D eigenvalue weighted by Gasteiger charge is 2.18. The Labute approximate surface area is 158 Å². The van der Waals surface area contributed by atoms with Gasteiger partial charge in [-0.1, -0.05) is 6.07 Å². The zero-order chi connectivity index (χ0) is 19.7. The molecule has 2 aromatic heterocycles. The molecule has 0 unspecified atom stereocenters. The quantitative estimate of drug-likeness (QED) is 0.536. The number of nitrogens with zero attached hydrogens (tertiary/aromatic N) is 2. The predicted octanol–water partition coefficient (Wildman–Crippen LogP) is 1.18. The number of H-pyrrole nitrogens is 1. The van der Waals surface area contributed by atoms with Crippen LogP contribution in [-0.4, -0.2) is 39.3 Å². The summed E-state index contributed by atoms with van der Waals surface area (Å²) in [4.78, 5) is 46.4. The molecule has 1 aromatic carbocycles. The van der Waals surface area contributed by atoms with Gasteiger partial charge in [-0.3, -0.25) is 14.4 Å². The summed E-state index contributed by atoms with van der Waals surface area (Å²) in [7, 11) is 0. The third-order valence-electron chi connectivity index (χ3n) is 4.12. The number of aromatic nitrogens is 3. The summed E-state index contributed by atoms with van der Waals surface area (Å²) in [6.45, 7) is 1.61. The fourth-order valence-electron chi connectivity index (χ4n) is 2.90. The molecule has 3 heterocycles. The van der Waals surface area contributed by atoms with Gasteiger partial charge in [-0.2, -0.15) is 0 Å². The third kappa shape index (κ3) is 3.34. The molecule has 3 amide bonds. The molecule has 0 bridgehead atoms. The van der Waals surface area contributed by atoms with Gasteiger partial charge in [0.1, 0.15) is 17.6 Å². The lowest BCUT2D eigenvalue weighted by molar-refractivity contribution is -0.118. The van der Waals surface area contributed by atoms with Crippen LogP contribution in [-0.2, 0) is 16.1 Å². The fourth-order valence-corrected chi connectivity index (χ4v) is 2.90. The maximum atomic E-state index is 12.6. The summed E-state index contributed by atoms with van der Waals surface area (Å²) in [6.07, 6.45) is 2.83. The first-order valence-electron chi connectivity index (χ1n) is 8.44. The maximum Gasteiger partial charge on any atom is 0.272 e. The van der Waals surface area contributed by atoms with Crippen molar-refractivity contribution in [1.82, 2.24) is 20.3 Å². The molecule has 4 N–H and O–H groups in total. The van der Waals surface area contributed by atoms with Gasteiger partial charge in [0, 0.05) is 19.7 Å². The van der Waals surface area contributed by atoms with Crippen LogP contribution in [0.3, 0.4) is 0 Å². The molecule has 28 heavy (non-hydrogen) atoms. The zero-order valence-electron chi connectivity index (χ0n) is 14.8. The van der Waals surface area contributed by atoms with Gasteiger partial charge in [0.05, 0.1) is 16.9 Å². The van der Waals surface area contributed by atoms with Crippen LogP contribution in [0, 0.1) is 0 Å². The average molecular weight is 380 g/mol. The molecule has 0 aliphatic carbocycles. The van der Waals surface area contributed by atoms with Crippen molar-refractivity contribution >= 4 is 40.1 Å². The third-order valence-corrected chi connectivity index (χ3v) is 4.12. The van der Waals surface area contributed by atoms with Gasteiger partial charge in [0.2, 0.25) is 5.91 Å². The highest BCUT2D eigenvalue weighted by atomic mass is 16.5. The molecule has 0 atom stereocenters. The second-order valence-electron chi connectivity index (χ2n) is 6.18. The van der Waals surface area contributed by atoms with Gasteiger partial charge >= 0.3 is 0 Å². The molecule has 142 valence electrons. The first kappa shape index (κ1) is 17.5. The molecule has 1 aliphatic rings. The number of fused-ring (bicyclic) bond motifs is 2. The van der Waals surface area contributed by atoms with E-state index in [0.717, 1.165) is 5.56 Å². The number of rotatable bonds is 4. The van der Waals surface area contributed by atoms with E-state index in [1.165, 1.54) is 13.3 Å². The van der Waals surface area contributed by atoms with E-state index in [2.05, 4.69) is 30.9 Å². The van der Waals surface area contributed by atoms with E-state index in [1.54, 1.807) is 24.4 Å². The second kappa shape index (κ2) is 6.99. The SMILES string of the molecule is CC(=O)Nc1c[nH]c2c(C(=O)NCc3ccc4c(c3)NC(=O)CO4)ncnc12. The first-order chi connectivity index (χ1) is 13.5. The van der Waals surface area contributed by atoms with Gasteiger partial charge in [-0.15, -0.1) is 0 Å². The Morgan fingerprint density at radius 1 is 1.29 bits per heavy atom. The summed E-state index contributed by atoms with van der Waals surface area (Å²) in [5, 5.41) is 8.16. The number of benzene rings is 1. The van der Waals surface area contributed by atoms with Crippen LogP contribution in [0.15, 0.2) is 30.7 Å². The molecule has 0 saturated carbocycles. The Bertz CT molecular complexity index is 1110. The van der Waals surface area contributed by atoms with Crippen molar-refractivity contribution in [2.24, 2.45) is 0 Å². The van der Waals surface area contributed by atoms with E-state index in [4.69, 9.17) is 4.74 Å². The van der Waals surface area contributed by atoms with Crippen LogP contribution >= 0.6 is 0 Å². The topological polar surface area (TPSA) is 138 Å². The lowest BCUT2D eigenvalue weighted by Crippen LogP contribution is -2.26. The molecule has 10 heteroatoms. The molecule has 0 spiro atoms. The Balaban J connectivity index is 1.51. The number of hydrogen-bond acceptors (Lipinski definition) is 6. The standard InChI is InChI=1S/C18H16N6O4/c1-9(25)23-12-6-19-16-15(12)21-8-22-17(16)18(27)20-5-10-2-3-13-11(4-10)24-14(26)7-28-13/h2-4,6,8,19H,5,7H2,1H3,(H,20,27)(H,23,25)(H,24,26). The van der Waals surface area contributed by atoms with Crippen molar-refractivity contribution < 1.29 is 19.1 Å². The van der Waals surface area contributed by atoms with Crippen LogP contribution in [0.2, 0.25) is 0 Å². The minimum absolute atomic E-state index is 0.0105. The normalized spacial score (nSPS) is 12.7. The van der Waals surface area contributed by atoms with Crippen molar-refractivity contribution in [1.29, 1.82) is 0 Å². The monoisotopic (exact) mass is 380 g/mol. The first-order valence-corrected chi connectivity index (χ1v) is 8.44. The molecule has 0 saturated heterocycles. The number of ether oxygens (including phenoxy) is 1. The highest BCUT2D eigenvalue weighted by Crippen LogP contribution is 2.28. The minimum atomic E-state index is -0.401. The zero-order valence-corrected chi connectivity index (χ0v) is 14.8. The molecular weight excluding hydrogens is 364 g/mol. The van der Waals surface area contributed by atoms with Crippen LogP contribution in [0.1, 0.15) is 23.0 Å². The fraction of sp³-hybridized carbons (Fsp3) is 0.167. The van der Waals surface area contributed by atoms with Crippen LogP contribution in [0.5, 0.6) is 5.75 Å². The second-order valence-corrected chi connectivity index (χ2v) is 6.18. The molecule has 0 fully saturated rings. The number of hydrogen-bond donors (Lipinski definition) is 4. The molecule has 3 aromatic rings. The predicted molar refractivity (Wildman–Crippen MR) is 99.9 cm³/mol. The number of nitrogens with one attached hydrogen (secondary N) is 4. The van der Waals surface area contributed by atoms with Gasteiger partial charge < -0.3 is 25.7 Å². The van der Waals surface area contributed by atoms with Gasteiger partial charge in [-0.25, -0.2) is 9.97 Å². The molecular formula is C18H16N6O4. The van der Waals surface area contributed by atoms with Gasteiger partial charge in [-0.05, 0) is 17.7 Å². The summed E-state index contributed by atoms with van der Waals surface area (Å²) >= 11 is 0. The summed E-state index contributed by atoms with van der Waals surface area (Å²) in [6, 6.07) is 5.28. The number of amides is 3. The number of carbonyl (C=O) groups is 3. The smallest absolute Gasteiger partial charge is 0.272 e. The van der Waals surface area contributed by atoms with E-state index in [-0.39, 0.29) is 30.7 Å². The van der Waals surface area contributed by atoms with Gasteiger partial charge in [0.25, 0.3) is 11.8 Å². The lowest BCUT2D eigenvalue weighted by Gasteiger charge is -2.18. The molecule has 10 nitrogen and oxygen atoms in total. The van der Waals surface area contributed by atoms with Crippen LogP contribution in [0.4, 0.5) is 11.4 Å². The van der Waals surface area contributed by atoms with Crippen molar-refractivity contribution in [3.8, 4) is 5.75 Å². The maximum absolute atomic E-state index is 12.6. The van der Waals surface area contributed by atoms with Gasteiger partial charge in [0.15, 0.2) is 12.3 Å². The lowest BCUT2D eigenvalue weighted by atomic mass is 10.1. The van der Waals surface area contributed by atoms with Crippen molar-refractivity contribution in [2.75, 3.05) is 17.2 Å². The van der Waals surface area contributed by atoms with E-state index in [9.17, 15) is 14.4 Å². The molecule has 0 radical (unpaired) electrons. The minimum Gasteiger partial charge on any atom is -0.482 e. The van der Waals surface area contributed by atoms with Crippen molar-refractivity contribution in [3.63, 3.8) is 0 Å². The number of carbonyl (C=O) groups excluding carboxylic acids is 3. The van der Waals surface area contributed by atoms with E-state index >= 15 is 0 Å². The average Bonchev–Trinajstić information content (AvgIpc) is 3.08. The molecule has 4 rings (SSSR count). The Morgan fingerprint density at radius 3 is 2.96 bits per heavy atom.